The number of rotatable bonds is 6. The maximum atomic E-state index is 6.69. The van der Waals surface area contributed by atoms with Gasteiger partial charge < -0.3 is 13.9 Å². The van der Waals surface area contributed by atoms with Crippen LogP contribution in [-0.4, -0.2) is 4.57 Å². The fraction of sp³-hybridized carbons (Fsp3) is 0. The molecule has 2 heterocycles. The number of anilines is 3. The summed E-state index contributed by atoms with van der Waals surface area (Å²) in [5.74, 6) is 0. The average Bonchev–Trinajstić information content (AvgIpc) is 3.74. The lowest BCUT2D eigenvalue weighted by Crippen LogP contribution is -2.09. The smallest absolute Gasteiger partial charge is 0.137 e. The van der Waals surface area contributed by atoms with Crippen LogP contribution in [0.4, 0.5) is 17.1 Å². The molecule has 0 atom stereocenters. The molecule has 0 saturated carbocycles. The van der Waals surface area contributed by atoms with Crippen LogP contribution in [0.15, 0.2) is 199 Å². The predicted octanol–water partition coefficient (Wildman–Crippen LogP) is 13.5. The zero-order chi connectivity index (χ0) is 33.7. The van der Waals surface area contributed by atoms with Crippen LogP contribution in [0.1, 0.15) is 0 Å². The van der Waals surface area contributed by atoms with Gasteiger partial charge in [0.05, 0.1) is 11.0 Å². The Morgan fingerprint density at radius 3 is 1.31 bits per heavy atom. The molecule has 0 unspecified atom stereocenters. The molecule has 3 heteroatoms. The van der Waals surface area contributed by atoms with Crippen LogP contribution in [0.2, 0.25) is 0 Å². The van der Waals surface area contributed by atoms with Gasteiger partial charge in [-0.15, -0.1) is 0 Å². The first-order chi connectivity index (χ1) is 25.3. The molecule has 8 aromatic carbocycles. The Morgan fingerprint density at radius 1 is 0.333 bits per heavy atom. The van der Waals surface area contributed by atoms with E-state index in [1.165, 1.54) is 44.1 Å². The Balaban J connectivity index is 1.09. The molecule has 0 N–H and O–H groups in total. The summed E-state index contributed by atoms with van der Waals surface area (Å²) in [6.45, 7) is 0. The lowest BCUT2D eigenvalue weighted by atomic mass is 10.0. The number of fused-ring (bicyclic) bond motifs is 6. The summed E-state index contributed by atoms with van der Waals surface area (Å²) in [6, 6.07) is 69.0. The van der Waals surface area contributed by atoms with E-state index in [4.69, 9.17) is 4.42 Å². The lowest BCUT2D eigenvalue weighted by Gasteiger charge is -2.26. The molecule has 10 aromatic rings. The SMILES string of the molecule is c1ccc(-c2ccc(N(c3ccc(-c4ccccc4)cc3)c3ccc4c(c3)oc3cc(-n5c6ccccc6c6ccccc65)ccc34)cc2)cc1. The van der Waals surface area contributed by atoms with Gasteiger partial charge in [0.1, 0.15) is 11.2 Å². The van der Waals surface area contributed by atoms with Gasteiger partial charge in [-0.05, 0) is 82.9 Å². The van der Waals surface area contributed by atoms with Crippen molar-refractivity contribution in [2.24, 2.45) is 0 Å². The molecule has 0 bridgehead atoms. The Bertz CT molecular complexity index is 2690. The maximum Gasteiger partial charge on any atom is 0.137 e. The Hall–Kier alpha value is -6.84. The topological polar surface area (TPSA) is 21.3 Å². The summed E-state index contributed by atoms with van der Waals surface area (Å²) in [7, 11) is 0. The normalized spacial score (nSPS) is 11.5. The van der Waals surface area contributed by atoms with Crippen LogP contribution < -0.4 is 4.90 Å². The van der Waals surface area contributed by atoms with Crippen LogP contribution >= 0.6 is 0 Å². The van der Waals surface area contributed by atoms with Crippen molar-refractivity contribution < 1.29 is 4.42 Å². The van der Waals surface area contributed by atoms with Crippen molar-refractivity contribution in [1.29, 1.82) is 0 Å². The molecule has 2 aromatic heterocycles. The number of hydrogen-bond donors (Lipinski definition) is 0. The van der Waals surface area contributed by atoms with E-state index in [0.29, 0.717) is 0 Å². The molecular formula is C48H32N2O. The van der Waals surface area contributed by atoms with Gasteiger partial charge in [-0.2, -0.15) is 0 Å². The standard InChI is InChI=1S/C48H32N2O/c1-3-11-33(12-4-1)35-19-23-37(24-20-35)49(38-25-21-36(22-26-38)34-13-5-2-6-14-34)39-27-29-43-44-30-28-40(32-48(44)51-47(43)31-39)50-45-17-9-7-15-41(45)42-16-8-10-18-46(42)50/h1-32H. The lowest BCUT2D eigenvalue weighted by molar-refractivity contribution is 0.668. The summed E-state index contributed by atoms with van der Waals surface area (Å²) in [5.41, 5.74) is 13.1. The van der Waals surface area contributed by atoms with Crippen molar-refractivity contribution in [3.63, 3.8) is 0 Å². The Morgan fingerprint density at radius 2 is 0.765 bits per heavy atom. The van der Waals surface area contributed by atoms with Gasteiger partial charge in [0.25, 0.3) is 0 Å². The Kier molecular flexibility index (Phi) is 6.81. The van der Waals surface area contributed by atoms with Gasteiger partial charge in [0.15, 0.2) is 0 Å². The van der Waals surface area contributed by atoms with Crippen molar-refractivity contribution >= 4 is 60.8 Å². The highest BCUT2D eigenvalue weighted by Crippen LogP contribution is 2.41. The van der Waals surface area contributed by atoms with Gasteiger partial charge >= 0.3 is 0 Å². The van der Waals surface area contributed by atoms with Crippen molar-refractivity contribution in [2.45, 2.75) is 0 Å². The second-order valence-electron chi connectivity index (χ2n) is 13.0. The average molecular weight is 653 g/mol. The molecule has 240 valence electrons. The zero-order valence-electron chi connectivity index (χ0n) is 27.8. The third-order valence-corrected chi connectivity index (χ3v) is 10.0. The van der Waals surface area contributed by atoms with E-state index in [9.17, 15) is 0 Å². The third kappa shape index (κ3) is 4.98. The summed E-state index contributed by atoms with van der Waals surface area (Å²) < 4.78 is 9.03. The molecule has 0 aliphatic rings. The zero-order valence-corrected chi connectivity index (χ0v) is 27.8. The van der Waals surface area contributed by atoms with E-state index >= 15 is 0 Å². The van der Waals surface area contributed by atoms with Crippen molar-refractivity contribution in [2.75, 3.05) is 4.90 Å². The molecule has 0 spiro atoms. The highest BCUT2D eigenvalue weighted by Gasteiger charge is 2.18. The van der Waals surface area contributed by atoms with Crippen molar-refractivity contribution in [1.82, 2.24) is 4.57 Å². The van der Waals surface area contributed by atoms with E-state index in [1.807, 2.05) is 0 Å². The Labute approximate surface area is 295 Å². The summed E-state index contributed by atoms with van der Waals surface area (Å²) >= 11 is 0. The molecule has 0 amide bonds. The van der Waals surface area contributed by atoms with Crippen LogP contribution in [0, 0.1) is 0 Å². The fourth-order valence-electron chi connectivity index (χ4n) is 7.55. The molecule has 0 aliphatic carbocycles. The van der Waals surface area contributed by atoms with E-state index in [0.717, 1.165) is 44.7 Å². The first-order valence-corrected chi connectivity index (χ1v) is 17.3. The van der Waals surface area contributed by atoms with Crippen LogP contribution in [-0.2, 0) is 0 Å². The minimum Gasteiger partial charge on any atom is -0.456 e. The molecule has 10 rings (SSSR count). The minimum atomic E-state index is 0.855. The first kappa shape index (κ1) is 29.1. The summed E-state index contributed by atoms with van der Waals surface area (Å²) in [6.07, 6.45) is 0. The largest absolute Gasteiger partial charge is 0.456 e. The van der Waals surface area contributed by atoms with Crippen LogP contribution in [0.25, 0.3) is 71.7 Å². The molecule has 0 radical (unpaired) electrons. The molecule has 0 fully saturated rings. The van der Waals surface area contributed by atoms with Crippen LogP contribution in [0.5, 0.6) is 0 Å². The molecule has 0 saturated heterocycles. The molecular weight excluding hydrogens is 621 g/mol. The fourth-order valence-corrected chi connectivity index (χ4v) is 7.55. The highest BCUT2D eigenvalue weighted by molar-refractivity contribution is 6.10. The third-order valence-electron chi connectivity index (χ3n) is 10.0. The number of hydrogen-bond acceptors (Lipinski definition) is 2. The number of benzene rings is 8. The van der Waals surface area contributed by atoms with Crippen LogP contribution in [0.3, 0.4) is 0 Å². The second kappa shape index (κ2) is 11.9. The molecule has 0 aliphatic heterocycles. The molecule has 3 nitrogen and oxygen atoms in total. The van der Waals surface area contributed by atoms with E-state index < -0.39 is 0 Å². The number of nitrogens with zero attached hydrogens (tertiary/aromatic N) is 2. The van der Waals surface area contributed by atoms with Gasteiger partial charge in [-0.25, -0.2) is 0 Å². The van der Waals surface area contributed by atoms with Gasteiger partial charge in [-0.3, -0.25) is 0 Å². The van der Waals surface area contributed by atoms with Crippen molar-refractivity contribution in [3.05, 3.63) is 194 Å². The monoisotopic (exact) mass is 652 g/mol. The first-order valence-electron chi connectivity index (χ1n) is 17.3. The van der Waals surface area contributed by atoms with E-state index in [2.05, 4.69) is 204 Å². The van der Waals surface area contributed by atoms with Crippen molar-refractivity contribution in [3.8, 4) is 27.9 Å². The minimum absolute atomic E-state index is 0.855. The van der Waals surface area contributed by atoms with Gasteiger partial charge in [-0.1, -0.05) is 121 Å². The highest BCUT2D eigenvalue weighted by atomic mass is 16.3. The number of furan rings is 1. The predicted molar refractivity (Wildman–Crippen MR) is 214 cm³/mol. The molecule has 51 heavy (non-hydrogen) atoms. The van der Waals surface area contributed by atoms with E-state index in [1.54, 1.807) is 0 Å². The number of aromatic nitrogens is 1. The number of para-hydroxylation sites is 2. The summed E-state index contributed by atoms with van der Waals surface area (Å²) in [4.78, 5) is 2.31. The maximum absolute atomic E-state index is 6.69. The van der Waals surface area contributed by atoms with Gasteiger partial charge in [0, 0.05) is 56.4 Å². The second-order valence-corrected chi connectivity index (χ2v) is 13.0. The quantitative estimate of drug-likeness (QED) is 0.178. The summed E-state index contributed by atoms with van der Waals surface area (Å²) in [5, 5.41) is 4.70. The van der Waals surface area contributed by atoms with E-state index in [-0.39, 0.29) is 0 Å². The van der Waals surface area contributed by atoms with Gasteiger partial charge in [0.2, 0.25) is 0 Å².